The number of carbonyl (C=O) groups is 1. The van der Waals surface area contributed by atoms with E-state index in [2.05, 4.69) is 40.3 Å². The van der Waals surface area contributed by atoms with Crippen molar-refractivity contribution in [3.63, 3.8) is 0 Å². The standard InChI is InChI=1S/C19H22N2OS/c22-19(11-13-9-16-6-7-17(10-13)20-16)21-15-4-1-3-14(12-15)18-5-2-8-23-18/h1-5,8,12-13,16-17,20H,6-7,9-11H2,(H,21,22). The van der Waals surface area contributed by atoms with Crippen molar-refractivity contribution in [2.45, 2.75) is 44.2 Å². The summed E-state index contributed by atoms with van der Waals surface area (Å²) in [5.41, 5.74) is 2.07. The Bertz CT molecular complexity index is 670. The van der Waals surface area contributed by atoms with Crippen molar-refractivity contribution in [1.29, 1.82) is 0 Å². The molecule has 1 aromatic heterocycles. The van der Waals surface area contributed by atoms with Crippen molar-refractivity contribution in [2.75, 3.05) is 5.32 Å². The number of nitrogens with one attached hydrogen (secondary N) is 2. The van der Waals surface area contributed by atoms with Gasteiger partial charge in [-0.2, -0.15) is 0 Å². The lowest BCUT2D eigenvalue weighted by Crippen LogP contribution is -2.39. The molecule has 2 bridgehead atoms. The van der Waals surface area contributed by atoms with Crippen molar-refractivity contribution in [3.05, 3.63) is 41.8 Å². The number of benzene rings is 1. The van der Waals surface area contributed by atoms with Gasteiger partial charge in [-0.3, -0.25) is 4.79 Å². The first-order valence-electron chi connectivity index (χ1n) is 8.46. The van der Waals surface area contributed by atoms with Gasteiger partial charge in [0.15, 0.2) is 0 Å². The van der Waals surface area contributed by atoms with E-state index in [1.165, 1.54) is 17.7 Å². The number of hydrogen-bond donors (Lipinski definition) is 2. The molecule has 23 heavy (non-hydrogen) atoms. The van der Waals surface area contributed by atoms with E-state index in [-0.39, 0.29) is 5.91 Å². The molecule has 1 amide bonds. The van der Waals surface area contributed by atoms with Crippen LogP contribution in [0.5, 0.6) is 0 Å². The van der Waals surface area contributed by atoms with Crippen LogP contribution in [0.25, 0.3) is 10.4 Å². The van der Waals surface area contributed by atoms with Crippen LogP contribution in [0.3, 0.4) is 0 Å². The summed E-state index contributed by atoms with van der Waals surface area (Å²) in [6.07, 6.45) is 5.52. The van der Waals surface area contributed by atoms with E-state index in [1.54, 1.807) is 11.3 Å². The van der Waals surface area contributed by atoms with Crippen molar-refractivity contribution in [3.8, 4) is 10.4 Å². The second-order valence-corrected chi connectivity index (χ2v) is 7.73. The first kappa shape index (κ1) is 14.9. The molecule has 2 aliphatic heterocycles. The zero-order valence-corrected chi connectivity index (χ0v) is 13.9. The maximum atomic E-state index is 12.4. The van der Waals surface area contributed by atoms with E-state index in [0.717, 1.165) is 24.1 Å². The molecule has 3 nitrogen and oxygen atoms in total. The molecule has 2 unspecified atom stereocenters. The van der Waals surface area contributed by atoms with Gasteiger partial charge in [-0.1, -0.05) is 18.2 Å². The summed E-state index contributed by atoms with van der Waals surface area (Å²) in [7, 11) is 0. The van der Waals surface area contributed by atoms with Gasteiger partial charge in [0.25, 0.3) is 0 Å². The van der Waals surface area contributed by atoms with E-state index in [4.69, 9.17) is 0 Å². The molecule has 2 aliphatic rings. The third-order valence-electron chi connectivity index (χ3n) is 5.00. The summed E-state index contributed by atoms with van der Waals surface area (Å²) < 4.78 is 0. The highest BCUT2D eigenvalue weighted by atomic mass is 32.1. The summed E-state index contributed by atoms with van der Waals surface area (Å²) in [4.78, 5) is 13.6. The number of anilines is 1. The third kappa shape index (κ3) is 3.48. The van der Waals surface area contributed by atoms with Crippen molar-refractivity contribution in [1.82, 2.24) is 5.32 Å². The Morgan fingerprint density at radius 2 is 2.00 bits per heavy atom. The summed E-state index contributed by atoms with van der Waals surface area (Å²) in [6.45, 7) is 0. The van der Waals surface area contributed by atoms with Crippen LogP contribution in [-0.4, -0.2) is 18.0 Å². The number of rotatable bonds is 4. The SMILES string of the molecule is O=C(CC1CC2CCC(C1)N2)Nc1cccc(-c2cccs2)c1. The zero-order valence-electron chi connectivity index (χ0n) is 13.1. The fraction of sp³-hybridized carbons (Fsp3) is 0.421. The summed E-state index contributed by atoms with van der Waals surface area (Å²) >= 11 is 1.72. The fourth-order valence-corrected chi connectivity index (χ4v) is 4.73. The van der Waals surface area contributed by atoms with Crippen LogP contribution in [-0.2, 0) is 4.79 Å². The number of piperidine rings is 1. The summed E-state index contributed by atoms with van der Waals surface area (Å²) in [5.74, 6) is 0.689. The minimum absolute atomic E-state index is 0.152. The molecule has 4 heteroatoms. The molecule has 2 N–H and O–H groups in total. The molecule has 0 aliphatic carbocycles. The van der Waals surface area contributed by atoms with Gasteiger partial charge >= 0.3 is 0 Å². The highest BCUT2D eigenvalue weighted by Crippen LogP contribution is 2.33. The lowest BCUT2D eigenvalue weighted by Gasteiger charge is -2.28. The Balaban J connectivity index is 1.38. The van der Waals surface area contributed by atoms with Gasteiger partial charge in [-0.15, -0.1) is 11.3 Å². The Morgan fingerprint density at radius 1 is 1.17 bits per heavy atom. The lowest BCUT2D eigenvalue weighted by molar-refractivity contribution is -0.117. The largest absolute Gasteiger partial charge is 0.326 e. The minimum atomic E-state index is 0.152. The molecule has 3 heterocycles. The van der Waals surface area contributed by atoms with E-state index < -0.39 is 0 Å². The molecule has 4 rings (SSSR count). The van der Waals surface area contributed by atoms with Gasteiger partial charge in [0.2, 0.25) is 5.91 Å². The Hall–Kier alpha value is -1.65. The van der Waals surface area contributed by atoms with Crippen molar-refractivity contribution in [2.24, 2.45) is 5.92 Å². The van der Waals surface area contributed by atoms with E-state index in [0.29, 0.717) is 24.4 Å². The van der Waals surface area contributed by atoms with Crippen LogP contribution in [0.2, 0.25) is 0 Å². The van der Waals surface area contributed by atoms with Crippen molar-refractivity contribution >= 4 is 22.9 Å². The second kappa shape index (κ2) is 6.46. The van der Waals surface area contributed by atoms with Gasteiger partial charge in [-0.05, 0) is 60.7 Å². The molecule has 0 saturated carbocycles. The minimum Gasteiger partial charge on any atom is -0.326 e. The average molecular weight is 326 g/mol. The third-order valence-corrected chi connectivity index (χ3v) is 5.92. The van der Waals surface area contributed by atoms with Crippen molar-refractivity contribution < 1.29 is 4.79 Å². The topological polar surface area (TPSA) is 41.1 Å². The molecule has 2 saturated heterocycles. The lowest BCUT2D eigenvalue weighted by atomic mass is 9.89. The second-order valence-electron chi connectivity index (χ2n) is 6.79. The Labute approximate surface area is 141 Å². The maximum Gasteiger partial charge on any atom is 0.224 e. The van der Waals surface area contributed by atoms with Crippen LogP contribution in [0, 0.1) is 5.92 Å². The molecule has 2 aromatic rings. The molecule has 0 spiro atoms. The first-order chi connectivity index (χ1) is 11.3. The normalized spacial score (nSPS) is 26.2. The molecule has 0 radical (unpaired) electrons. The molecular weight excluding hydrogens is 304 g/mol. The Morgan fingerprint density at radius 3 is 2.74 bits per heavy atom. The smallest absolute Gasteiger partial charge is 0.224 e. The van der Waals surface area contributed by atoms with Gasteiger partial charge in [-0.25, -0.2) is 0 Å². The quantitative estimate of drug-likeness (QED) is 0.881. The molecular formula is C19H22N2OS. The molecule has 2 atom stereocenters. The van der Waals surface area contributed by atoms with Gasteiger partial charge in [0.1, 0.15) is 0 Å². The molecule has 2 fully saturated rings. The van der Waals surface area contributed by atoms with E-state index in [1.807, 2.05) is 12.1 Å². The number of hydrogen-bond acceptors (Lipinski definition) is 3. The van der Waals surface area contributed by atoms with E-state index in [9.17, 15) is 4.79 Å². The molecule has 120 valence electrons. The number of thiophene rings is 1. The molecule has 1 aromatic carbocycles. The van der Waals surface area contributed by atoms with Gasteiger partial charge in [0.05, 0.1) is 0 Å². The summed E-state index contributed by atoms with van der Waals surface area (Å²) in [5, 5.41) is 8.80. The fourth-order valence-electron chi connectivity index (χ4n) is 4.01. The number of carbonyl (C=O) groups excluding carboxylic acids is 1. The number of fused-ring (bicyclic) bond motifs is 2. The van der Waals surface area contributed by atoms with Crippen LogP contribution in [0.15, 0.2) is 41.8 Å². The average Bonchev–Trinajstić information content (AvgIpc) is 3.17. The van der Waals surface area contributed by atoms with Crippen LogP contribution in [0.4, 0.5) is 5.69 Å². The van der Waals surface area contributed by atoms with Crippen LogP contribution < -0.4 is 10.6 Å². The first-order valence-corrected chi connectivity index (χ1v) is 9.34. The highest BCUT2D eigenvalue weighted by Gasteiger charge is 2.34. The maximum absolute atomic E-state index is 12.4. The predicted octanol–water partition coefficient (Wildman–Crippen LogP) is 4.27. The number of amides is 1. The van der Waals surface area contributed by atoms with Gasteiger partial charge in [0, 0.05) is 29.1 Å². The van der Waals surface area contributed by atoms with E-state index >= 15 is 0 Å². The monoisotopic (exact) mass is 326 g/mol. The zero-order chi connectivity index (χ0) is 15.6. The predicted molar refractivity (Wildman–Crippen MR) is 95.7 cm³/mol. The highest BCUT2D eigenvalue weighted by molar-refractivity contribution is 7.13. The summed E-state index contributed by atoms with van der Waals surface area (Å²) in [6, 6.07) is 13.6. The van der Waals surface area contributed by atoms with Crippen LogP contribution in [0.1, 0.15) is 32.1 Å². The van der Waals surface area contributed by atoms with Crippen LogP contribution >= 0.6 is 11.3 Å². The Kier molecular flexibility index (Phi) is 4.19. The van der Waals surface area contributed by atoms with Gasteiger partial charge < -0.3 is 10.6 Å².